The predicted octanol–water partition coefficient (Wildman–Crippen LogP) is 0.104. The summed E-state index contributed by atoms with van der Waals surface area (Å²) in [4.78, 5) is 36.2. The number of nitrogen functional groups attached to an aromatic ring is 1. The number of amides is 1. The highest BCUT2D eigenvalue weighted by molar-refractivity contribution is 5.96. The number of nitrogens with one attached hydrogen (secondary N) is 2. The van der Waals surface area contributed by atoms with Crippen molar-refractivity contribution >= 4 is 23.5 Å². The van der Waals surface area contributed by atoms with Crippen LogP contribution in [-0.2, 0) is 5.66 Å². The van der Waals surface area contributed by atoms with Crippen LogP contribution in [0.3, 0.4) is 0 Å². The van der Waals surface area contributed by atoms with Crippen LogP contribution in [-0.4, -0.2) is 25.4 Å². The number of pyridine rings is 1. The monoisotopic (exact) mass is 301 g/mol. The Bertz CT molecular complexity index is 841. The van der Waals surface area contributed by atoms with Gasteiger partial charge in [0.2, 0.25) is 11.9 Å². The molecule has 4 N–H and O–H groups in total. The number of hydrogen-bond donors (Lipinski definition) is 3. The zero-order valence-corrected chi connectivity index (χ0v) is 12.3. The smallest absolute Gasteiger partial charge is 0.276 e. The molecule has 9 heteroatoms. The molecule has 3 heterocycles. The Kier molecular flexibility index (Phi) is 2.87. The Morgan fingerprint density at radius 2 is 2.05 bits per heavy atom. The number of carbonyl (C=O) groups is 1. The molecule has 0 saturated carbocycles. The molecule has 0 bridgehead atoms. The lowest BCUT2D eigenvalue weighted by Crippen LogP contribution is -2.42. The highest BCUT2D eigenvalue weighted by Crippen LogP contribution is 2.24. The Morgan fingerprint density at radius 1 is 1.32 bits per heavy atom. The van der Waals surface area contributed by atoms with Crippen LogP contribution in [0.15, 0.2) is 17.2 Å². The van der Waals surface area contributed by atoms with Crippen molar-refractivity contribution in [2.45, 2.75) is 26.4 Å². The van der Waals surface area contributed by atoms with Gasteiger partial charge < -0.3 is 16.4 Å². The van der Waals surface area contributed by atoms with Gasteiger partial charge in [-0.25, -0.2) is 9.97 Å². The molecule has 2 aromatic heterocycles. The van der Waals surface area contributed by atoms with Crippen molar-refractivity contribution in [2.75, 3.05) is 11.1 Å². The van der Waals surface area contributed by atoms with Crippen molar-refractivity contribution < 1.29 is 4.79 Å². The van der Waals surface area contributed by atoms with E-state index in [1.807, 2.05) is 0 Å². The van der Waals surface area contributed by atoms with Crippen LogP contribution in [0.1, 0.15) is 29.9 Å². The molecule has 0 aliphatic carbocycles. The van der Waals surface area contributed by atoms with Gasteiger partial charge in [-0.15, -0.1) is 0 Å². The number of nitrogens with zero attached hydrogens (tertiary/aromatic N) is 4. The number of nitrogens with two attached hydrogens (primary N) is 1. The Hall–Kier alpha value is -2.97. The quantitative estimate of drug-likeness (QED) is 0.717. The number of aryl methyl sites for hydroxylation is 1. The van der Waals surface area contributed by atoms with Crippen LogP contribution >= 0.6 is 0 Å². The maximum Gasteiger partial charge on any atom is 0.276 e. The minimum atomic E-state index is -0.802. The molecule has 22 heavy (non-hydrogen) atoms. The van der Waals surface area contributed by atoms with E-state index >= 15 is 0 Å². The fourth-order valence-corrected chi connectivity index (χ4v) is 2.53. The SMILES string of the molecule is Cc1cc(Nc2ncnc(N)n2)c(=O)n2c1C(=O)NC2(C)C. The summed E-state index contributed by atoms with van der Waals surface area (Å²) in [5.74, 6) is -0.0529. The molecule has 0 fully saturated rings. The first-order valence-corrected chi connectivity index (χ1v) is 6.61. The number of hydrogen-bond acceptors (Lipinski definition) is 7. The molecular weight excluding hydrogens is 286 g/mol. The van der Waals surface area contributed by atoms with Gasteiger partial charge in [0.1, 0.15) is 23.4 Å². The Morgan fingerprint density at radius 3 is 2.73 bits per heavy atom. The molecule has 0 spiro atoms. The topological polar surface area (TPSA) is 128 Å². The molecule has 0 radical (unpaired) electrons. The van der Waals surface area contributed by atoms with E-state index in [2.05, 4.69) is 25.6 Å². The van der Waals surface area contributed by atoms with Crippen molar-refractivity contribution in [3.05, 3.63) is 34.0 Å². The van der Waals surface area contributed by atoms with Crippen molar-refractivity contribution in [2.24, 2.45) is 0 Å². The molecule has 114 valence electrons. The van der Waals surface area contributed by atoms with Crippen molar-refractivity contribution in [3.8, 4) is 0 Å². The lowest BCUT2D eigenvalue weighted by molar-refractivity contribution is 0.0934. The molecule has 1 aliphatic rings. The molecule has 1 aliphatic heterocycles. The molecule has 0 atom stereocenters. The second kappa shape index (κ2) is 4.52. The van der Waals surface area contributed by atoms with Crippen LogP contribution < -0.4 is 21.9 Å². The van der Waals surface area contributed by atoms with Crippen LogP contribution in [0.5, 0.6) is 0 Å². The van der Waals surface area contributed by atoms with Gasteiger partial charge in [0, 0.05) is 0 Å². The molecule has 1 amide bonds. The average Bonchev–Trinajstić information content (AvgIpc) is 2.65. The summed E-state index contributed by atoms with van der Waals surface area (Å²) in [5, 5.41) is 5.60. The van der Waals surface area contributed by atoms with Crippen molar-refractivity contribution in [3.63, 3.8) is 0 Å². The normalized spacial score (nSPS) is 15.3. The third kappa shape index (κ3) is 2.07. The van der Waals surface area contributed by atoms with E-state index in [1.54, 1.807) is 26.8 Å². The molecule has 3 rings (SSSR count). The van der Waals surface area contributed by atoms with Gasteiger partial charge in [0.25, 0.3) is 11.5 Å². The third-order valence-electron chi connectivity index (χ3n) is 3.42. The van der Waals surface area contributed by atoms with E-state index in [4.69, 9.17) is 5.73 Å². The first-order chi connectivity index (χ1) is 10.3. The van der Waals surface area contributed by atoms with E-state index in [0.29, 0.717) is 11.3 Å². The largest absolute Gasteiger partial charge is 0.368 e. The number of carbonyl (C=O) groups excluding carboxylic acids is 1. The zero-order chi connectivity index (χ0) is 16.1. The third-order valence-corrected chi connectivity index (χ3v) is 3.42. The number of rotatable bonds is 2. The molecule has 9 nitrogen and oxygen atoms in total. The zero-order valence-electron chi connectivity index (χ0n) is 12.3. The summed E-state index contributed by atoms with van der Waals surface area (Å²) in [6.07, 6.45) is 1.25. The van der Waals surface area contributed by atoms with Crippen LogP contribution in [0.4, 0.5) is 17.6 Å². The summed E-state index contributed by atoms with van der Waals surface area (Å²) < 4.78 is 1.43. The minimum absolute atomic E-state index is 0.0488. The van der Waals surface area contributed by atoms with Crippen LogP contribution in [0, 0.1) is 6.92 Å². The van der Waals surface area contributed by atoms with Gasteiger partial charge in [0.05, 0.1) is 0 Å². The first-order valence-electron chi connectivity index (χ1n) is 6.61. The molecular formula is C13H15N7O2. The van der Waals surface area contributed by atoms with E-state index in [1.165, 1.54) is 10.9 Å². The van der Waals surface area contributed by atoms with Crippen molar-refractivity contribution in [1.29, 1.82) is 0 Å². The van der Waals surface area contributed by atoms with Crippen molar-refractivity contribution in [1.82, 2.24) is 24.8 Å². The van der Waals surface area contributed by atoms with Gasteiger partial charge >= 0.3 is 0 Å². The van der Waals surface area contributed by atoms with Crippen LogP contribution in [0.25, 0.3) is 0 Å². The maximum atomic E-state index is 12.7. The second-order valence-corrected chi connectivity index (χ2v) is 5.54. The van der Waals surface area contributed by atoms with Gasteiger partial charge in [-0.05, 0) is 32.4 Å². The molecule has 2 aromatic rings. The summed E-state index contributed by atoms with van der Waals surface area (Å²) in [6.45, 7) is 5.28. The van der Waals surface area contributed by atoms with E-state index in [9.17, 15) is 9.59 Å². The van der Waals surface area contributed by atoms with E-state index in [-0.39, 0.29) is 29.1 Å². The second-order valence-electron chi connectivity index (χ2n) is 5.54. The highest BCUT2D eigenvalue weighted by atomic mass is 16.2. The molecule has 0 saturated heterocycles. The van der Waals surface area contributed by atoms with E-state index < -0.39 is 5.66 Å². The summed E-state index contributed by atoms with van der Waals surface area (Å²) in [5.41, 5.74) is 5.64. The lowest BCUT2D eigenvalue weighted by atomic mass is 10.1. The summed E-state index contributed by atoms with van der Waals surface area (Å²) >= 11 is 0. The van der Waals surface area contributed by atoms with Gasteiger partial charge in [-0.3, -0.25) is 14.2 Å². The molecule has 0 aromatic carbocycles. The Labute approximate surface area is 125 Å². The standard InChI is InChI=1S/C13H15N7O2/c1-6-4-7(17-12-16-5-15-11(14)18-12)10(22)20-8(6)9(21)19-13(20,2)3/h4-5H,1-3H3,(H,19,21)(H3,14,15,16,17,18). The van der Waals surface area contributed by atoms with Crippen LogP contribution in [0.2, 0.25) is 0 Å². The fraction of sp³-hybridized carbons (Fsp3) is 0.308. The van der Waals surface area contributed by atoms with E-state index in [0.717, 1.165) is 0 Å². The lowest BCUT2D eigenvalue weighted by Gasteiger charge is -2.22. The highest BCUT2D eigenvalue weighted by Gasteiger charge is 2.37. The number of fused-ring (bicyclic) bond motifs is 1. The average molecular weight is 301 g/mol. The number of anilines is 3. The Balaban J connectivity index is 2.14. The van der Waals surface area contributed by atoms with Gasteiger partial charge in [0.15, 0.2) is 0 Å². The maximum absolute atomic E-state index is 12.7. The number of aromatic nitrogens is 4. The summed E-state index contributed by atoms with van der Waals surface area (Å²) in [6, 6.07) is 1.59. The fourth-order valence-electron chi connectivity index (χ4n) is 2.53. The van der Waals surface area contributed by atoms with Gasteiger partial charge in [-0.2, -0.15) is 4.98 Å². The minimum Gasteiger partial charge on any atom is -0.368 e. The first kappa shape index (κ1) is 14.0. The summed E-state index contributed by atoms with van der Waals surface area (Å²) in [7, 11) is 0. The molecule has 0 unspecified atom stereocenters. The van der Waals surface area contributed by atoms with Gasteiger partial charge in [-0.1, -0.05) is 0 Å². The predicted molar refractivity (Wildman–Crippen MR) is 79.7 cm³/mol.